The van der Waals surface area contributed by atoms with E-state index >= 15 is 0 Å². The van der Waals surface area contributed by atoms with Gasteiger partial charge in [0.2, 0.25) is 5.91 Å². The number of carbonyl (C=O) groups excluding carboxylic acids is 1. The van der Waals surface area contributed by atoms with Crippen molar-refractivity contribution in [2.45, 2.75) is 64.1 Å². The molecule has 1 saturated carbocycles. The quantitative estimate of drug-likeness (QED) is 0.805. The van der Waals surface area contributed by atoms with Gasteiger partial charge < -0.3 is 14.5 Å². The van der Waals surface area contributed by atoms with Crippen LogP contribution in [0.5, 0.6) is 5.75 Å². The molecule has 1 N–H and O–H groups in total. The summed E-state index contributed by atoms with van der Waals surface area (Å²) in [5, 5.41) is 3.31. The summed E-state index contributed by atoms with van der Waals surface area (Å²) in [4.78, 5) is 19.4. The highest BCUT2D eigenvalue weighted by molar-refractivity contribution is 5.79. The Morgan fingerprint density at radius 3 is 2.86 bits per heavy atom. The molecule has 29 heavy (non-hydrogen) atoms. The molecule has 2 fully saturated rings. The number of piperidine rings is 1. The lowest BCUT2D eigenvalue weighted by Crippen LogP contribution is -2.47. The van der Waals surface area contributed by atoms with Crippen LogP contribution in [0.3, 0.4) is 0 Å². The van der Waals surface area contributed by atoms with E-state index in [2.05, 4.69) is 15.2 Å². The third kappa shape index (κ3) is 5.38. The first-order chi connectivity index (χ1) is 14.2. The van der Waals surface area contributed by atoms with Crippen molar-refractivity contribution >= 4 is 5.91 Å². The number of hydrogen-bond donors (Lipinski definition) is 1. The highest BCUT2D eigenvalue weighted by atomic mass is 16.5. The summed E-state index contributed by atoms with van der Waals surface area (Å²) < 4.78 is 11.6. The molecule has 6 nitrogen and oxygen atoms in total. The van der Waals surface area contributed by atoms with Crippen molar-refractivity contribution in [1.29, 1.82) is 0 Å². The lowest BCUT2D eigenvalue weighted by Gasteiger charge is -2.34. The molecule has 6 heteroatoms. The predicted octanol–water partition coefficient (Wildman–Crippen LogP) is 3.70. The monoisotopic (exact) mass is 397 g/mol. The molecule has 4 rings (SSSR count). The second kappa shape index (κ2) is 9.44. The first kappa shape index (κ1) is 20.0. The van der Waals surface area contributed by atoms with E-state index in [0.29, 0.717) is 0 Å². The number of likely N-dealkylation sites (tertiary alicyclic amines) is 1. The first-order valence-electron chi connectivity index (χ1n) is 10.8. The molecule has 0 bridgehead atoms. The van der Waals surface area contributed by atoms with Crippen LogP contribution in [0.1, 0.15) is 50.0 Å². The number of ether oxygens (including phenoxy) is 1. The zero-order valence-corrected chi connectivity index (χ0v) is 17.2. The standard InChI is InChI=1S/C23H31N3O3/c1-17-22(7-2-12-24-17)29-20-10-8-19(9-11-20)25-23(27)18-5-3-13-26(15-18)16-21-6-4-14-28-21/h2,4,6-7,12,14,18-20H,3,5,8-11,13,15-16H2,1H3,(H,25,27). The summed E-state index contributed by atoms with van der Waals surface area (Å²) in [6.45, 7) is 4.60. The number of aromatic nitrogens is 1. The molecule has 0 aromatic carbocycles. The van der Waals surface area contributed by atoms with Crippen LogP contribution in [0.2, 0.25) is 0 Å². The minimum atomic E-state index is 0.0747. The zero-order chi connectivity index (χ0) is 20.1. The maximum absolute atomic E-state index is 12.8. The Balaban J connectivity index is 1.21. The fourth-order valence-corrected chi connectivity index (χ4v) is 4.45. The van der Waals surface area contributed by atoms with Gasteiger partial charge in [-0.2, -0.15) is 0 Å². The summed E-state index contributed by atoms with van der Waals surface area (Å²) in [7, 11) is 0. The van der Waals surface area contributed by atoms with Gasteiger partial charge >= 0.3 is 0 Å². The molecule has 2 aromatic rings. The van der Waals surface area contributed by atoms with Crippen LogP contribution in [-0.4, -0.2) is 41.0 Å². The lowest BCUT2D eigenvalue weighted by atomic mass is 9.91. The smallest absolute Gasteiger partial charge is 0.224 e. The van der Waals surface area contributed by atoms with Crippen molar-refractivity contribution in [1.82, 2.24) is 15.2 Å². The van der Waals surface area contributed by atoms with Gasteiger partial charge in [0.15, 0.2) is 0 Å². The number of aryl methyl sites for hydroxylation is 1. The molecule has 1 saturated heterocycles. The molecule has 156 valence electrons. The summed E-state index contributed by atoms with van der Waals surface area (Å²) in [6.07, 6.45) is 9.61. The van der Waals surface area contributed by atoms with E-state index < -0.39 is 0 Å². The fourth-order valence-electron chi connectivity index (χ4n) is 4.45. The molecule has 1 unspecified atom stereocenters. The molecule has 0 radical (unpaired) electrons. The van der Waals surface area contributed by atoms with E-state index in [-0.39, 0.29) is 24.0 Å². The van der Waals surface area contributed by atoms with Crippen LogP contribution in [0.15, 0.2) is 41.1 Å². The van der Waals surface area contributed by atoms with Crippen molar-refractivity contribution in [3.8, 4) is 5.75 Å². The zero-order valence-electron chi connectivity index (χ0n) is 17.2. The second-order valence-electron chi connectivity index (χ2n) is 8.34. The third-order valence-corrected chi connectivity index (χ3v) is 6.11. The van der Waals surface area contributed by atoms with Gasteiger partial charge in [-0.25, -0.2) is 0 Å². The molecule has 2 aromatic heterocycles. The van der Waals surface area contributed by atoms with Crippen molar-refractivity contribution in [3.63, 3.8) is 0 Å². The summed E-state index contributed by atoms with van der Waals surface area (Å²) in [6, 6.07) is 8.07. The van der Waals surface area contributed by atoms with Crippen molar-refractivity contribution in [2.75, 3.05) is 13.1 Å². The molecular weight excluding hydrogens is 366 g/mol. The third-order valence-electron chi connectivity index (χ3n) is 6.11. The van der Waals surface area contributed by atoms with Gasteiger partial charge in [0.05, 0.1) is 30.5 Å². The molecule has 2 aliphatic rings. The van der Waals surface area contributed by atoms with Crippen molar-refractivity contribution in [2.24, 2.45) is 5.92 Å². The normalized spacial score (nSPS) is 25.5. The minimum Gasteiger partial charge on any atom is -0.489 e. The predicted molar refractivity (Wildman–Crippen MR) is 110 cm³/mol. The van der Waals surface area contributed by atoms with E-state index in [1.54, 1.807) is 12.5 Å². The minimum absolute atomic E-state index is 0.0747. The van der Waals surface area contributed by atoms with Gasteiger partial charge in [-0.15, -0.1) is 0 Å². The van der Waals surface area contributed by atoms with Gasteiger partial charge in [-0.1, -0.05) is 0 Å². The van der Waals surface area contributed by atoms with Gasteiger partial charge in [-0.05, 0) is 76.3 Å². The number of amides is 1. The molecule has 0 spiro atoms. The number of nitrogens with one attached hydrogen (secondary N) is 1. The van der Waals surface area contributed by atoms with Crippen LogP contribution >= 0.6 is 0 Å². The largest absolute Gasteiger partial charge is 0.489 e. The van der Waals surface area contributed by atoms with Crippen LogP contribution in [0.4, 0.5) is 0 Å². The molecular formula is C23H31N3O3. The van der Waals surface area contributed by atoms with Crippen LogP contribution in [-0.2, 0) is 11.3 Å². The lowest BCUT2D eigenvalue weighted by molar-refractivity contribution is -0.127. The Morgan fingerprint density at radius 2 is 2.10 bits per heavy atom. The molecule has 1 aliphatic carbocycles. The number of pyridine rings is 1. The maximum atomic E-state index is 12.8. The van der Waals surface area contributed by atoms with Crippen molar-refractivity contribution < 1.29 is 13.9 Å². The summed E-state index contributed by atoms with van der Waals surface area (Å²) in [5.41, 5.74) is 0.930. The Hall–Kier alpha value is -2.34. The van der Waals surface area contributed by atoms with E-state index in [1.807, 2.05) is 31.2 Å². The fraction of sp³-hybridized carbons (Fsp3) is 0.565. The van der Waals surface area contributed by atoms with Crippen molar-refractivity contribution in [3.05, 3.63) is 48.2 Å². The second-order valence-corrected chi connectivity index (χ2v) is 8.34. The average molecular weight is 398 g/mol. The Bertz CT molecular complexity index is 784. The van der Waals surface area contributed by atoms with Gasteiger partial charge in [0, 0.05) is 18.8 Å². The highest BCUT2D eigenvalue weighted by Gasteiger charge is 2.29. The van der Waals surface area contributed by atoms with E-state index in [0.717, 1.165) is 75.4 Å². The first-order valence-corrected chi connectivity index (χ1v) is 10.8. The van der Waals surface area contributed by atoms with E-state index in [1.165, 1.54) is 0 Å². The SMILES string of the molecule is Cc1ncccc1OC1CCC(NC(=O)C2CCCN(Cc3ccco3)C2)CC1. The Morgan fingerprint density at radius 1 is 1.24 bits per heavy atom. The van der Waals surface area contributed by atoms with E-state index in [4.69, 9.17) is 9.15 Å². The molecule has 1 atom stereocenters. The van der Waals surface area contributed by atoms with Crippen LogP contribution in [0, 0.1) is 12.8 Å². The Kier molecular flexibility index (Phi) is 6.49. The summed E-state index contributed by atoms with van der Waals surface area (Å²) >= 11 is 0. The molecule has 1 aliphatic heterocycles. The average Bonchev–Trinajstić information content (AvgIpc) is 3.24. The molecule has 1 amide bonds. The number of furan rings is 1. The van der Waals surface area contributed by atoms with Crippen LogP contribution in [0.25, 0.3) is 0 Å². The number of nitrogens with zero attached hydrogens (tertiary/aromatic N) is 2. The number of carbonyl (C=O) groups is 1. The number of hydrogen-bond acceptors (Lipinski definition) is 5. The van der Waals surface area contributed by atoms with Crippen LogP contribution < -0.4 is 10.1 Å². The molecule has 3 heterocycles. The van der Waals surface area contributed by atoms with Gasteiger partial charge in [0.1, 0.15) is 11.5 Å². The topological polar surface area (TPSA) is 67.6 Å². The summed E-state index contributed by atoms with van der Waals surface area (Å²) in [5.74, 6) is 2.12. The van der Waals surface area contributed by atoms with Gasteiger partial charge in [0.25, 0.3) is 0 Å². The number of rotatable bonds is 6. The highest BCUT2D eigenvalue weighted by Crippen LogP contribution is 2.26. The Labute approximate surface area is 172 Å². The van der Waals surface area contributed by atoms with E-state index in [9.17, 15) is 4.79 Å². The van der Waals surface area contributed by atoms with Gasteiger partial charge in [-0.3, -0.25) is 14.7 Å². The maximum Gasteiger partial charge on any atom is 0.224 e.